The van der Waals surface area contributed by atoms with Gasteiger partial charge < -0.3 is 5.32 Å². The quantitative estimate of drug-likeness (QED) is 0.621. The van der Waals surface area contributed by atoms with Crippen molar-refractivity contribution < 1.29 is 0 Å². The van der Waals surface area contributed by atoms with Crippen LogP contribution in [-0.4, -0.2) is 12.6 Å². The molecule has 2 rings (SSSR count). The molecular weight excluding hydrogens is 274 g/mol. The lowest BCUT2D eigenvalue weighted by Gasteiger charge is -2.34. The molecule has 0 saturated heterocycles. The molecule has 1 aromatic heterocycles. The standard InChI is InChI=1S/C19H33NS/c1-3-6-16-8-10-17(11-9-16)19(20-14-4-2)13-12-18-7-5-15-21-18/h5,7,15-17,19-20H,3-4,6,8-14H2,1-2H3. The van der Waals surface area contributed by atoms with Gasteiger partial charge in [-0.05, 0) is 61.9 Å². The van der Waals surface area contributed by atoms with E-state index in [0.717, 1.165) is 17.9 Å². The average Bonchev–Trinajstić information content (AvgIpc) is 3.02. The largest absolute Gasteiger partial charge is 0.314 e. The van der Waals surface area contributed by atoms with Crippen LogP contribution in [0.5, 0.6) is 0 Å². The highest BCUT2D eigenvalue weighted by Crippen LogP contribution is 2.34. The normalized spacial score (nSPS) is 24.1. The summed E-state index contributed by atoms with van der Waals surface area (Å²) in [6.07, 6.45) is 12.5. The van der Waals surface area contributed by atoms with E-state index in [4.69, 9.17) is 0 Å². The van der Waals surface area contributed by atoms with E-state index in [2.05, 4.69) is 36.7 Å². The molecule has 1 saturated carbocycles. The Morgan fingerprint density at radius 3 is 2.62 bits per heavy atom. The second-order valence-corrected chi connectivity index (χ2v) is 7.78. The topological polar surface area (TPSA) is 12.0 Å². The molecule has 1 aliphatic carbocycles. The highest BCUT2D eigenvalue weighted by atomic mass is 32.1. The lowest BCUT2D eigenvalue weighted by atomic mass is 9.76. The number of rotatable bonds is 9. The first-order chi connectivity index (χ1) is 10.3. The van der Waals surface area contributed by atoms with Crippen molar-refractivity contribution in [2.45, 2.75) is 77.7 Å². The average molecular weight is 308 g/mol. The number of hydrogen-bond acceptors (Lipinski definition) is 2. The van der Waals surface area contributed by atoms with E-state index in [1.165, 1.54) is 64.3 Å². The van der Waals surface area contributed by atoms with Crippen LogP contribution in [0.25, 0.3) is 0 Å². The lowest BCUT2D eigenvalue weighted by Crippen LogP contribution is -2.39. The van der Waals surface area contributed by atoms with Gasteiger partial charge in [0.25, 0.3) is 0 Å². The molecule has 0 bridgehead atoms. The van der Waals surface area contributed by atoms with Crippen LogP contribution < -0.4 is 5.32 Å². The molecule has 0 amide bonds. The lowest BCUT2D eigenvalue weighted by molar-refractivity contribution is 0.207. The van der Waals surface area contributed by atoms with E-state index in [1.54, 1.807) is 4.88 Å². The van der Waals surface area contributed by atoms with E-state index in [0.29, 0.717) is 0 Å². The number of nitrogens with one attached hydrogen (secondary N) is 1. The van der Waals surface area contributed by atoms with Crippen molar-refractivity contribution in [1.82, 2.24) is 5.32 Å². The zero-order valence-corrected chi connectivity index (χ0v) is 14.8. The fourth-order valence-electron chi connectivity index (χ4n) is 3.87. The summed E-state index contributed by atoms with van der Waals surface area (Å²) in [5.41, 5.74) is 0. The van der Waals surface area contributed by atoms with Crippen LogP contribution in [0.15, 0.2) is 17.5 Å². The molecule has 0 aromatic carbocycles. The summed E-state index contributed by atoms with van der Waals surface area (Å²) in [7, 11) is 0. The van der Waals surface area contributed by atoms with Crippen molar-refractivity contribution in [3.8, 4) is 0 Å². The van der Waals surface area contributed by atoms with Gasteiger partial charge in [-0.1, -0.05) is 45.6 Å². The fourth-order valence-corrected chi connectivity index (χ4v) is 4.60. The van der Waals surface area contributed by atoms with Gasteiger partial charge in [0.05, 0.1) is 0 Å². The molecule has 120 valence electrons. The molecule has 0 aliphatic heterocycles. The van der Waals surface area contributed by atoms with Crippen LogP contribution in [-0.2, 0) is 6.42 Å². The molecule has 0 radical (unpaired) electrons. The van der Waals surface area contributed by atoms with Gasteiger partial charge in [-0.2, -0.15) is 0 Å². The van der Waals surface area contributed by atoms with Crippen molar-refractivity contribution in [1.29, 1.82) is 0 Å². The molecule has 0 spiro atoms. The fraction of sp³-hybridized carbons (Fsp3) is 0.789. The Morgan fingerprint density at radius 2 is 2.00 bits per heavy atom. The number of aryl methyl sites for hydroxylation is 1. The van der Waals surface area contributed by atoms with Gasteiger partial charge in [-0.15, -0.1) is 11.3 Å². The van der Waals surface area contributed by atoms with Crippen molar-refractivity contribution >= 4 is 11.3 Å². The van der Waals surface area contributed by atoms with Gasteiger partial charge in [0.1, 0.15) is 0 Å². The van der Waals surface area contributed by atoms with Crippen molar-refractivity contribution in [3.63, 3.8) is 0 Å². The Kier molecular flexibility index (Phi) is 7.81. The van der Waals surface area contributed by atoms with Crippen LogP contribution in [0.4, 0.5) is 0 Å². The van der Waals surface area contributed by atoms with Crippen molar-refractivity contribution in [3.05, 3.63) is 22.4 Å². The Balaban J connectivity index is 1.81. The minimum Gasteiger partial charge on any atom is -0.314 e. The highest BCUT2D eigenvalue weighted by molar-refractivity contribution is 7.09. The smallest absolute Gasteiger partial charge is 0.00987 e. The minimum absolute atomic E-state index is 0.745. The maximum Gasteiger partial charge on any atom is 0.00987 e. The van der Waals surface area contributed by atoms with Gasteiger partial charge in [-0.25, -0.2) is 0 Å². The van der Waals surface area contributed by atoms with Gasteiger partial charge >= 0.3 is 0 Å². The summed E-state index contributed by atoms with van der Waals surface area (Å²) in [5, 5.41) is 6.06. The molecule has 1 atom stereocenters. The third-order valence-corrected chi connectivity index (χ3v) is 6.03. The summed E-state index contributed by atoms with van der Waals surface area (Å²) < 4.78 is 0. The first-order valence-electron chi connectivity index (χ1n) is 9.09. The molecule has 1 N–H and O–H groups in total. The molecule has 2 heteroatoms. The van der Waals surface area contributed by atoms with Crippen molar-refractivity contribution in [2.75, 3.05) is 6.54 Å². The van der Waals surface area contributed by atoms with Crippen LogP contribution in [0.3, 0.4) is 0 Å². The summed E-state index contributed by atoms with van der Waals surface area (Å²) in [4.78, 5) is 1.55. The predicted octanol–water partition coefficient (Wildman–Crippen LogP) is 5.66. The maximum absolute atomic E-state index is 3.85. The minimum atomic E-state index is 0.745. The second kappa shape index (κ2) is 9.63. The third kappa shape index (κ3) is 5.75. The predicted molar refractivity (Wildman–Crippen MR) is 95.1 cm³/mol. The summed E-state index contributed by atoms with van der Waals surface area (Å²) >= 11 is 1.91. The van der Waals surface area contributed by atoms with E-state index < -0.39 is 0 Å². The molecule has 1 heterocycles. The van der Waals surface area contributed by atoms with E-state index in [-0.39, 0.29) is 0 Å². The zero-order chi connectivity index (χ0) is 14.9. The Morgan fingerprint density at radius 1 is 1.19 bits per heavy atom. The van der Waals surface area contributed by atoms with Gasteiger partial charge in [0.2, 0.25) is 0 Å². The van der Waals surface area contributed by atoms with E-state index in [1.807, 2.05) is 11.3 Å². The SMILES string of the molecule is CCCNC(CCc1cccs1)C1CCC(CCC)CC1. The molecule has 1 fully saturated rings. The van der Waals surface area contributed by atoms with E-state index >= 15 is 0 Å². The summed E-state index contributed by atoms with van der Waals surface area (Å²) in [5.74, 6) is 1.94. The zero-order valence-electron chi connectivity index (χ0n) is 13.9. The second-order valence-electron chi connectivity index (χ2n) is 6.75. The molecule has 1 aliphatic rings. The molecule has 1 nitrogen and oxygen atoms in total. The molecular formula is C19H33NS. The highest BCUT2D eigenvalue weighted by Gasteiger charge is 2.26. The first-order valence-corrected chi connectivity index (χ1v) is 9.97. The van der Waals surface area contributed by atoms with Gasteiger partial charge in [-0.3, -0.25) is 0 Å². The van der Waals surface area contributed by atoms with Crippen LogP contribution in [0.1, 0.15) is 70.1 Å². The van der Waals surface area contributed by atoms with Crippen LogP contribution in [0.2, 0.25) is 0 Å². The van der Waals surface area contributed by atoms with Crippen molar-refractivity contribution in [2.24, 2.45) is 11.8 Å². The summed E-state index contributed by atoms with van der Waals surface area (Å²) in [6.45, 7) is 5.80. The molecule has 1 unspecified atom stereocenters. The molecule has 21 heavy (non-hydrogen) atoms. The Bertz CT molecular complexity index is 352. The maximum atomic E-state index is 3.85. The van der Waals surface area contributed by atoms with Crippen LogP contribution in [0, 0.1) is 11.8 Å². The third-order valence-electron chi connectivity index (χ3n) is 5.10. The number of thiophene rings is 1. The molecule has 1 aromatic rings. The summed E-state index contributed by atoms with van der Waals surface area (Å²) in [6, 6.07) is 5.22. The Hall–Kier alpha value is -0.340. The monoisotopic (exact) mass is 307 g/mol. The first kappa shape index (κ1) is 17.0. The van der Waals surface area contributed by atoms with Gasteiger partial charge in [0.15, 0.2) is 0 Å². The van der Waals surface area contributed by atoms with E-state index in [9.17, 15) is 0 Å². The van der Waals surface area contributed by atoms with Crippen LogP contribution >= 0.6 is 11.3 Å². The number of hydrogen-bond donors (Lipinski definition) is 1. The van der Waals surface area contributed by atoms with Gasteiger partial charge in [0, 0.05) is 10.9 Å². The Labute approximate surface area is 135 Å².